The molecule has 8 nitrogen and oxygen atoms in total. The second-order valence-electron chi connectivity index (χ2n) is 8.08. The predicted molar refractivity (Wildman–Crippen MR) is 127 cm³/mol. The summed E-state index contributed by atoms with van der Waals surface area (Å²) in [5.74, 6) is 0.636. The van der Waals surface area contributed by atoms with E-state index < -0.39 is 0 Å². The topological polar surface area (TPSA) is 90.8 Å². The number of nitriles is 1. The molecule has 2 aliphatic heterocycles. The van der Waals surface area contributed by atoms with Crippen LogP contribution in [0.15, 0.2) is 60.0 Å². The fraction of sp³-hybridized carbons (Fsp3) is 0.200. The van der Waals surface area contributed by atoms with Crippen LogP contribution in [0.25, 0.3) is 16.9 Å². The minimum Gasteiger partial charge on any atom is -0.378 e. The molecule has 0 aliphatic carbocycles. The molecule has 33 heavy (non-hydrogen) atoms. The molecule has 4 aromatic rings. The summed E-state index contributed by atoms with van der Waals surface area (Å²) in [6, 6.07) is 14.5. The molecule has 2 aromatic carbocycles. The molecule has 0 amide bonds. The molecule has 2 aliphatic rings. The molecule has 0 atom stereocenters. The molecule has 8 heteroatoms. The van der Waals surface area contributed by atoms with Gasteiger partial charge in [-0.2, -0.15) is 5.26 Å². The average molecular weight is 435 g/mol. The van der Waals surface area contributed by atoms with E-state index in [-0.39, 0.29) is 0 Å². The number of hydrogen-bond donors (Lipinski definition) is 1. The minimum absolute atomic E-state index is 0.621. The third-order valence-corrected chi connectivity index (χ3v) is 6.04. The summed E-state index contributed by atoms with van der Waals surface area (Å²) in [5, 5.41) is 13.2. The van der Waals surface area contributed by atoms with E-state index in [1.807, 2.05) is 41.2 Å². The number of imidazole rings is 1. The van der Waals surface area contributed by atoms with E-state index >= 15 is 0 Å². The number of hydrogen-bond acceptors (Lipinski definition) is 7. The Kier molecular flexibility index (Phi) is 4.74. The zero-order valence-electron chi connectivity index (χ0n) is 17.9. The Hall–Kier alpha value is -4.22. The van der Waals surface area contributed by atoms with Crippen LogP contribution in [0.3, 0.4) is 0 Å². The van der Waals surface area contributed by atoms with Crippen LogP contribution in [-0.2, 0) is 11.3 Å². The van der Waals surface area contributed by atoms with Gasteiger partial charge < -0.3 is 19.4 Å². The molecule has 1 N–H and O–H groups in total. The quantitative estimate of drug-likeness (QED) is 0.525. The fourth-order valence-corrected chi connectivity index (χ4v) is 4.34. The van der Waals surface area contributed by atoms with Crippen LogP contribution in [0.4, 0.5) is 17.2 Å². The summed E-state index contributed by atoms with van der Waals surface area (Å²) in [4.78, 5) is 15.9. The van der Waals surface area contributed by atoms with Gasteiger partial charge in [-0.15, -0.1) is 0 Å². The standard InChI is InChI=1S/C25H21N7O/c26-13-19-12-21(3-4-23(19)31-7-9-33-10-8-31)29-24-25-28-5-6-32(25)16-22(30-24)17-1-2-18-14-27-15-20(18)11-17/h1-6,11-12,14,16H,7-10,15H2,(H,29,30). The lowest BCUT2D eigenvalue weighted by Gasteiger charge is -2.29. The summed E-state index contributed by atoms with van der Waals surface area (Å²) in [7, 11) is 0. The minimum atomic E-state index is 0.621. The van der Waals surface area contributed by atoms with E-state index in [2.05, 4.69) is 44.5 Å². The fourth-order valence-electron chi connectivity index (χ4n) is 4.34. The number of morpholine rings is 1. The number of anilines is 3. The molecule has 0 saturated carbocycles. The number of aliphatic imine (C=N–C) groups is 1. The molecule has 6 rings (SSSR count). The number of fused-ring (bicyclic) bond motifs is 2. The van der Waals surface area contributed by atoms with Gasteiger partial charge in [0.05, 0.1) is 36.7 Å². The third kappa shape index (κ3) is 3.58. The molecular formula is C25H21N7O. The first-order chi connectivity index (χ1) is 16.3. The van der Waals surface area contributed by atoms with Crippen LogP contribution in [0.1, 0.15) is 16.7 Å². The lowest BCUT2D eigenvalue weighted by molar-refractivity contribution is 0.122. The molecule has 1 saturated heterocycles. The molecular weight excluding hydrogens is 414 g/mol. The van der Waals surface area contributed by atoms with Crippen LogP contribution < -0.4 is 10.2 Å². The lowest BCUT2D eigenvalue weighted by atomic mass is 10.0. The van der Waals surface area contributed by atoms with Gasteiger partial charge in [-0.3, -0.25) is 4.99 Å². The van der Waals surface area contributed by atoms with Crippen molar-refractivity contribution in [1.29, 1.82) is 5.26 Å². The average Bonchev–Trinajstić information content (AvgIpc) is 3.53. The zero-order chi connectivity index (χ0) is 22.2. The first kappa shape index (κ1) is 19.5. The maximum Gasteiger partial charge on any atom is 0.180 e. The summed E-state index contributed by atoms with van der Waals surface area (Å²) >= 11 is 0. The van der Waals surface area contributed by atoms with Crippen molar-refractivity contribution in [2.24, 2.45) is 4.99 Å². The highest BCUT2D eigenvalue weighted by atomic mass is 16.5. The van der Waals surface area contributed by atoms with Crippen molar-refractivity contribution in [3.63, 3.8) is 0 Å². The molecule has 0 unspecified atom stereocenters. The van der Waals surface area contributed by atoms with Gasteiger partial charge in [0.15, 0.2) is 11.5 Å². The van der Waals surface area contributed by atoms with Gasteiger partial charge in [0, 0.05) is 49.1 Å². The van der Waals surface area contributed by atoms with E-state index in [0.29, 0.717) is 31.1 Å². The Labute approximate surface area is 190 Å². The number of nitrogens with zero attached hydrogens (tertiary/aromatic N) is 6. The maximum absolute atomic E-state index is 9.77. The van der Waals surface area contributed by atoms with Crippen molar-refractivity contribution < 1.29 is 4.74 Å². The third-order valence-electron chi connectivity index (χ3n) is 6.04. The van der Waals surface area contributed by atoms with E-state index in [4.69, 9.17) is 9.72 Å². The molecule has 0 bridgehead atoms. The highest BCUT2D eigenvalue weighted by molar-refractivity contribution is 5.86. The Bertz CT molecular complexity index is 1430. The molecule has 162 valence electrons. The molecule has 4 heterocycles. The Morgan fingerprint density at radius 1 is 1.09 bits per heavy atom. The van der Waals surface area contributed by atoms with Crippen LogP contribution in [-0.4, -0.2) is 46.9 Å². The van der Waals surface area contributed by atoms with Crippen molar-refractivity contribution in [2.45, 2.75) is 6.54 Å². The Morgan fingerprint density at radius 2 is 2.00 bits per heavy atom. The monoisotopic (exact) mass is 435 g/mol. The van der Waals surface area contributed by atoms with Crippen LogP contribution in [0.2, 0.25) is 0 Å². The van der Waals surface area contributed by atoms with Crippen molar-refractivity contribution in [3.8, 4) is 17.3 Å². The van der Waals surface area contributed by atoms with Crippen molar-refractivity contribution in [2.75, 3.05) is 36.5 Å². The first-order valence-corrected chi connectivity index (χ1v) is 10.9. The maximum atomic E-state index is 9.77. The van der Waals surface area contributed by atoms with Gasteiger partial charge >= 0.3 is 0 Å². The largest absolute Gasteiger partial charge is 0.378 e. The van der Waals surface area contributed by atoms with Gasteiger partial charge in [0.1, 0.15) is 6.07 Å². The molecule has 0 radical (unpaired) electrons. The predicted octanol–water partition coefficient (Wildman–Crippen LogP) is 3.78. The Balaban J connectivity index is 1.36. The molecule has 2 aromatic heterocycles. The van der Waals surface area contributed by atoms with Gasteiger partial charge in [-0.05, 0) is 35.4 Å². The number of aromatic nitrogens is 3. The number of nitrogens with one attached hydrogen (secondary N) is 1. The highest BCUT2D eigenvalue weighted by Crippen LogP contribution is 2.29. The molecule has 1 fully saturated rings. The van der Waals surface area contributed by atoms with Gasteiger partial charge in [-0.1, -0.05) is 12.1 Å². The summed E-state index contributed by atoms with van der Waals surface area (Å²) in [6.07, 6.45) is 7.55. The van der Waals surface area contributed by atoms with Crippen LogP contribution in [0.5, 0.6) is 0 Å². The van der Waals surface area contributed by atoms with Crippen LogP contribution >= 0.6 is 0 Å². The Morgan fingerprint density at radius 3 is 2.88 bits per heavy atom. The van der Waals surface area contributed by atoms with Crippen molar-refractivity contribution >= 4 is 29.1 Å². The van der Waals surface area contributed by atoms with Gasteiger partial charge in [0.2, 0.25) is 0 Å². The SMILES string of the molecule is N#Cc1cc(Nc2nc(-c3ccc4c(c3)CN=C4)cn3ccnc23)ccc1N1CCOCC1. The van der Waals surface area contributed by atoms with Crippen molar-refractivity contribution in [3.05, 3.63) is 71.7 Å². The number of benzene rings is 2. The highest BCUT2D eigenvalue weighted by Gasteiger charge is 2.17. The number of rotatable bonds is 4. The first-order valence-electron chi connectivity index (χ1n) is 10.9. The lowest BCUT2D eigenvalue weighted by Crippen LogP contribution is -2.36. The van der Waals surface area contributed by atoms with E-state index in [1.165, 1.54) is 5.56 Å². The summed E-state index contributed by atoms with van der Waals surface area (Å²) < 4.78 is 7.40. The van der Waals surface area contributed by atoms with Gasteiger partial charge in [0.25, 0.3) is 0 Å². The second-order valence-corrected chi connectivity index (χ2v) is 8.08. The van der Waals surface area contributed by atoms with E-state index in [9.17, 15) is 5.26 Å². The van der Waals surface area contributed by atoms with E-state index in [0.717, 1.165) is 46.9 Å². The van der Waals surface area contributed by atoms with Crippen molar-refractivity contribution in [1.82, 2.24) is 14.4 Å². The van der Waals surface area contributed by atoms with Crippen LogP contribution in [0, 0.1) is 11.3 Å². The smallest absolute Gasteiger partial charge is 0.180 e. The normalized spacial score (nSPS) is 14.9. The summed E-state index contributed by atoms with van der Waals surface area (Å²) in [6.45, 7) is 3.62. The molecule has 0 spiro atoms. The second kappa shape index (κ2) is 8.04. The number of ether oxygens (including phenoxy) is 1. The summed E-state index contributed by atoms with van der Waals surface area (Å²) in [5.41, 5.74) is 7.29. The van der Waals surface area contributed by atoms with E-state index in [1.54, 1.807) is 6.20 Å². The zero-order valence-corrected chi connectivity index (χ0v) is 17.9. The van der Waals surface area contributed by atoms with Gasteiger partial charge in [-0.25, -0.2) is 9.97 Å².